The third-order valence-electron chi connectivity index (χ3n) is 2.35. The van der Waals surface area contributed by atoms with Crippen LogP contribution < -0.4 is 5.32 Å². The van der Waals surface area contributed by atoms with Crippen LogP contribution in [0.2, 0.25) is 5.02 Å². The molecule has 0 atom stereocenters. The fourth-order valence-corrected chi connectivity index (χ4v) is 2.28. The van der Waals surface area contributed by atoms with Crippen LogP contribution in [0.3, 0.4) is 0 Å². The maximum Gasteiger partial charge on any atom is 0.0593 e. The number of halogens is 3. The average Bonchev–Trinajstić information content (AvgIpc) is 2.33. The van der Waals surface area contributed by atoms with Gasteiger partial charge in [0.25, 0.3) is 0 Å². The van der Waals surface area contributed by atoms with E-state index in [0.717, 1.165) is 21.2 Å². The minimum Gasteiger partial charge on any atom is -0.380 e. The van der Waals surface area contributed by atoms with Gasteiger partial charge in [0.15, 0.2) is 0 Å². The third kappa shape index (κ3) is 3.47. The summed E-state index contributed by atoms with van der Waals surface area (Å²) in [6.07, 6.45) is 0. The first kappa shape index (κ1) is 12.9. The van der Waals surface area contributed by atoms with Crippen molar-refractivity contribution in [2.45, 2.75) is 6.54 Å². The molecule has 0 amide bonds. The van der Waals surface area contributed by atoms with Gasteiger partial charge in [0.2, 0.25) is 0 Å². The van der Waals surface area contributed by atoms with Gasteiger partial charge in [-0.3, -0.25) is 0 Å². The Morgan fingerprint density at radius 1 is 1.00 bits per heavy atom. The summed E-state index contributed by atoms with van der Waals surface area (Å²) in [6, 6.07) is 14.0. The molecule has 0 aliphatic rings. The molecule has 88 valence electrons. The zero-order chi connectivity index (χ0) is 12.3. The fraction of sp³-hybridized carbons (Fsp3) is 0.0769. The van der Waals surface area contributed by atoms with Crippen molar-refractivity contribution in [1.82, 2.24) is 0 Å². The molecule has 0 aliphatic carbocycles. The van der Waals surface area contributed by atoms with Crippen LogP contribution in [0.25, 0.3) is 0 Å². The van der Waals surface area contributed by atoms with Crippen molar-refractivity contribution in [2.75, 3.05) is 5.32 Å². The zero-order valence-corrected chi connectivity index (χ0v) is 12.8. The largest absolute Gasteiger partial charge is 0.380 e. The first-order valence-corrected chi connectivity index (χ1v) is 7.05. The summed E-state index contributed by atoms with van der Waals surface area (Å²) in [7, 11) is 0. The van der Waals surface area contributed by atoms with Gasteiger partial charge in [-0.25, -0.2) is 0 Å². The molecule has 1 nitrogen and oxygen atoms in total. The molecule has 0 aromatic heterocycles. The lowest BCUT2D eigenvalue weighted by Crippen LogP contribution is -1.99. The van der Waals surface area contributed by atoms with Crippen LogP contribution in [0.1, 0.15) is 5.56 Å². The summed E-state index contributed by atoms with van der Waals surface area (Å²) in [4.78, 5) is 0. The molecule has 0 unspecified atom stereocenters. The van der Waals surface area contributed by atoms with Crippen LogP contribution in [-0.4, -0.2) is 0 Å². The molecule has 0 fully saturated rings. The lowest BCUT2D eigenvalue weighted by molar-refractivity contribution is 1.14. The summed E-state index contributed by atoms with van der Waals surface area (Å²) < 4.78 is 1.99. The standard InChI is InChI=1S/C13H10Br2ClN/c14-10-6-4-9(5-7-10)8-17-12-3-1-2-11(16)13(12)15/h1-7,17H,8H2. The average molecular weight is 375 g/mol. The molecule has 2 rings (SSSR count). The molecular weight excluding hydrogens is 365 g/mol. The van der Waals surface area contributed by atoms with Crippen molar-refractivity contribution >= 4 is 49.1 Å². The summed E-state index contributed by atoms with van der Waals surface area (Å²) in [5.74, 6) is 0. The van der Waals surface area contributed by atoms with Gasteiger partial charge in [-0.05, 0) is 45.8 Å². The van der Waals surface area contributed by atoms with Crippen LogP contribution in [0.5, 0.6) is 0 Å². The summed E-state index contributed by atoms with van der Waals surface area (Å²) in [5.41, 5.74) is 2.22. The van der Waals surface area contributed by atoms with E-state index in [1.165, 1.54) is 5.56 Å². The molecule has 0 spiro atoms. The second-order valence-electron chi connectivity index (χ2n) is 3.58. The van der Waals surface area contributed by atoms with Crippen LogP contribution in [-0.2, 0) is 6.54 Å². The minimum atomic E-state index is 0.714. The van der Waals surface area contributed by atoms with Gasteiger partial charge in [-0.15, -0.1) is 0 Å². The van der Waals surface area contributed by atoms with Gasteiger partial charge < -0.3 is 5.32 Å². The Morgan fingerprint density at radius 2 is 1.71 bits per heavy atom. The molecule has 0 saturated heterocycles. The molecule has 0 aliphatic heterocycles. The first-order chi connectivity index (χ1) is 8.16. The van der Waals surface area contributed by atoms with Gasteiger partial charge in [0.1, 0.15) is 0 Å². The number of benzene rings is 2. The molecule has 4 heteroatoms. The van der Waals surface area contributed by atoms with Gasteiger partial charge in [0, 0.05) is 11.0 Å². The Balaban J connectivity index is 2.07. The Kier molecular flexibility index (Phi) is 4.48. The van der Waals surface area contributed by atoms with Crippen molar-refractivity contribution in [3.05, 3.63) is 62.0 Å². The second kappa shape index (κ2) is 5.89. The predicted molar refractivity (Wildman–Crippen MR) is 80.6 cm³/mol. The van der Waals surface area contributed by atoms with Crippen molar-refractivity contribution < 1.29 is 0 Å². The van der Waals surface area contributed by atoms with Gasteiger partial charge >= 0.3 is 0 Å². The van der Waals surface area contributed by atoms with E-state index >= 15 is 0 Å². The number of nitrogens with one attached hydrogen (secondary N) is 1. The summed E-state index contributed by atoms with van der Waals surface area (Å²) >= 11 is 12.9. The van der Waals surface area contributed by atoms with Crippen LogP contribution >= 0.6 is 43.5 Å². The first-order valence-electron chi connectivity index (χ1n) is 5.09. The molecule has 0 heterocycles. The molecular formula is C13H10Br2ClN. The number of anilines is 1. The number of hydrogen-bond donors (Lipinski definition) is 1. The number of rotatable bonds is 3. The molecule has 17 heavy (non-hydrogen) atoms. The van der Waals surface area contributed by atoms with Crippen molar-refractivity contribution in [2.24, 2.45) is 0 Å². The third-order valence-corrected chi connectivity index (χ3v) is 4.27. The van der Waals surface area contributed by atoms with Crippen molar-refractivity contribution in [3.8, 4) is 0 Å². The van der Waals surface area contributed by atoms with E-state index in [2.05, 4.69) is 49.3 Å². The monoisotopic (exact) mass is 373 g/mol. The van der Waals surface area contributed by atoms with Crippen LogP contribution in [0.15, 0.2) is 51.4 Å². The highest BCUT2D eigenvalue weighted by Crippen LogP contribution is 2.30. The topological polar surface area (TPSA) is 12.0 Å². The van der Waals surface area contributed by atoms with E-state index in [4.69, 9.17) is 11.6 Å². The highest BCUT2D eigenvalue weighted by Gasteiger charge is 2.02. The minimum absolute atomic E-state index is 0.714. The van der Waals surface area contributed by atoms with E-state index < -0.39 is 0 Å². The van der Waals surface area contributed by atoms with Gasteiger partial charge in [-0.1, -0.05) is 45.7 Å². The van der Waals surface area contributed by atoms with E-state index in [1.807, 2.05) is 30.3 Å². The van der Waals surface area contributed by atoms with E-state index in [-0.39, 0.29) is 0 Å². The molecule has 0 saturated carbocycles. The highest BCUT2D eigenvalue weighted by molar-refractivity contribution is 9.11. The Morgan fingerprint density at radius 3 is 2.41 bits per heavy atom. The summed E-state index contributed by atoms with van der Waals surface area (Å²) in [5, 5.41) is 4.06. The smallest absolute Gasteiger partial charge is 0.0593 e. The number of hydrogen-bond acceptors (Lipinski definition) is 1. The van der Waals surface area contributed by atoms with Gasteiger partial charge in [0.05, 0.1) is 15.2 Å². The Bertz CT molecular complexity index is 511. The maximum atomic E-state index is 6.02. The highest BCUT2D eigenvalue weighted by atomic mass is 79.9. The van der Waals surface area contributed by atoms with Crippen LogP contribution in [0.4, 0.5) is 5.69 Å². The maximum absolute atomic E-state index is 6.02. The molecule has 2 aromatic carbocycles. The lowest BCUT2D eigenvalue weighted by Gasteiger charge is -2.09. The SMILES string of the molecule is Clc1cccc(NCc2ccc(Br)cc2)c1Br. The quantitative estimate of drug-likeness (QED) is 0.749. The molecule has 1 N–H and O–H groups in total. The Hall–Kier alpha value is -0.510. The lowest BCUT2D eigenvalue weighted by atomic mass is 10.2. The van der Waals surface area contributed by atoms with Crippen LogP contribution in [0, 0.1) is 0 Å². The second-order valence-corrected chi connectivity index (χ2v) is 5.70. The summed E-state index contributed by atoms with van der Waals surface area (Å²) in [6.45, 7) is 0.770. The molecule has 2 aromatic rings. The van der Waals surface area contributed by atoms with E-state index in [0.29, 0.717) is 5.02 Å². The normalized spacial score (nSPS) is 10.3. The Labute approximate surface area is 122 Å². The van der Waals surface area contributed by atoms with E-state index in [1.54, 1.807) is 0 Å². The molecule has 0 bridgehead atoms. The predicted octanol–water partition coefficient (Wildman–Crippen LogP) is 5.48. The fourth-order valence-electron chi connectivity index (χ4n) is 1.44. The van der Waals surface area contributed by atoms with E-state index in [9.17, 15) is 0 Å². The van der Waals surface area contributed by atoms with Crippen molar-refractivity contribution in [1.29, 1.82) is 0 Å². The molecule has 0 radical (unpaired) electrons. The van der Waals surface area contributed by atoms with Gasteiger partial charge in [-0.2, -0.15) is 0 Å². The zero-order valence-electron chi connectivity index (χ0n) is 8.88. The van der Waals surface area contributed by atoms with Crippen molar-refractivity contribution in [3.63, 3.8) is 0 Å².